The van der Waals surface area contributed by atoms with E-state index < -0.39 is 12.0 Å². The van der Waals surface area contributed by atoms with Gasteiger partial charge in [-0.1, -0.05) is 19.8 Å². The van der Waals surface area contributed by atoms with Crippen LogP contribution in [-0.4, -0.2) is 41.2 Å². The van der Waals surface area contributed by atoms with Crippen molar-refractivity contribution in [3.05, 3.63) is 12.3 Å². The normalized spacial score (nSPS) is 11.9. The fraction of sp³-hybridized carbons (Fsp3) is 0.583. The minimum Gasteiger partial charge on any atom is -0.480 e. The molecule has 0 bridgehead atoms. The molecule has 2 N–H and O–H groups in total. The molecule has 1 aromatic rings. The van der Waals surface area contributed by atoms with E-state index in [9.17, 15) is 4.79 Å². The first-order valence-electron chi connectivity index (χ1n) is 6.04. The zero-order valence-electron chi connectivity index (χ0n) is 11.1. The molecule has 0 radical (unpaired) electrons. The van der Waals surface area contributed by atoms with E-state index in [0.29, 0.717) is 18.2 Å². The molecule has 1 rings (SSSR count). The van der Waals surface area contributed by atoms with Crippen molar-refractivity contribution >= 4 is 17.7 Å². The Morgan fingerprint density at radius 3 is 2.83 bits per heavy atom. The summed E-state index contributed by atoms with van der Waals surface area (Å²) in [5, 5.41) is 12.1. The average molecular weight is 252 g/mol. The fourth-order valence-corrected chi connectivity index (χ4v) is 1.49. The highest BCUT2D eigenvalue weighted by Crippen LogP contribution is 2.12. The molecule has 18 heavy (non-hydrogen) atoms. The number of carbonyl (C=O) groups is 1. The molecule has 0 fully saturated rings. The van der Waals surface area contributed by atoms with Crippen LogP contribution in [0.25, 0.3) is 0 Å². The first-order valence-corrected chi connectivity index (χ1v) is 6.04. The molecule has 6 nitrogen and oxygen atoms in total. The lowest BCUT2D eigenvalue weighted by atomic mass is 10.1. The Labute approximate surface area is 107 Å². The molecule has 0 saturated carbocycles. The second-order valence-corrected chi connectivity index (χ2v) is 4.31. The Bertz CT molecular complexity index is 395. The average Bonchev–Trinajstić information content (AvgIpc) is 2.34. The summed E-state index contributed by atoms with van der Waals surface area (Å²) in [5.74, 6) is 0.241. The van der Waals surface area contributed by atoms with Gasteiger partial charge in [-0.05, 0) is 12.5 Å². The van der Waals surface area contributed by atoms with Crippen molar-refractivity contribution in [1.82, 2.24) is 9.97 Å². The largest absolute Gasteiger partial charge is 0.480 e. The Kier molecular flexibility index (Phi) is 5.35. The van der Waals surface area contributed by atoms with Gasteiger partial charge < -0.3 is 15.3 Å². The number of rotatable bonds is 7. The minimum atomic E-state index is -0.853. The third kappa shape index (κ3) is 4.20. The molecule has 0 aliphatic carbocycles. The molecule has 6 heteroatoms. The topological polar surface area (TPSA) is 78.4 Å². The van der Waals surface area contributed by atoms with E-state index in [4.69, 9.17) is 5.11 Å². The first kappa shape index (κ1) is 14.2. The predicted molar refractivity (Wildman–Crippen MR) is 70.9 cm³/mol. The van der Waals surface area contributed by atoms with Crippen LogP contribution in [0.15, 0.2) is 12.3 Å². The van der Waals surface area contributed by atoms with Crippen molar-refractivity contribution < 1.29 is 9.90 Å². The molecular formula is C12H20N4O2. The lowest BCUT2D eigenvalue weighted by Crippen LogP contribution is -2.29. The number of carboxylic acids is 1. The second kappa shape index (κ2) is 6.78. The molecule has 1 atom stereocenters. The van der Waals surface area contributed by atoms with E-state index in [-0.39, 0.29) is 0 Å². The van der Waals surface area contributed by atoms with Gasteiger partial charge in [-0.25, -0.2) is 9.78 Å². The molecule has 100 valence electrons. The summed E-state index contributed by atoms with van der Waals surface area (Å²) in [4.78, 5) is 21.2. The van der Waals surface area contributed by atoms with Gasteiger partial charge in [0.1, 0.15) is 11.9 Å². The maximum absolute atomic E-state index is 11.1. The maximum atomic E-state index is 11.1. The van der Waals surface area contributed by atoms with Crippen LogP contribution in [0.2, 0.25) is 0 Å². The maximum Gasteiger partial charge on any atom is 0.326 e. The molecule has 0 amide bonds. The summed E-state index contributed by atoms with van der Waals surface area (Å²) in [6.07, 6.45) is 4.05. The van der Waals surface area contributed by atoms with Crippen LogP contribution in [0.5, 0.6) is 0 Å². The van der Waals surface area contributed by atoms with Crippen LogP contribution < -0.4 is 10.2 Å². The second-order valence-electron chi connectivity index (χ2n) is 4.31. The van der Waals surface area contributed by atoms with Crippen LogP contribution in [0.1, 0.15) is 26.2 Å². The van der Waals surface area contributed by atoms with Crippen LogP contribution >= 0.6 is 0 Å². The lowest BCUT2D eigenvalue weighted by molar-refractivity contribution is -0.138. The smallest absolute Gasteiger partial charge is 0.326 e. The number of aliphatic carboxylic acids is 1. The molecule has 0 aromatic carbocycles. The highest BCUT2D eigenvalue weighted by Gasteiger charge is 2.17. The number of hydrogen-bond donors (Lipinski definition) is 2. The number of nitrogens with one attached hydrogen (secondary N) is 1. The number of carboxylic acid groups (broad SMARTS) is 1. The first-order chi connectivity index (χ1) is 8.54. The van der Waals surface area contributed by atoms with Gasteiger partial charge in [0, 0.05) is 20.3 Å². The van der Waals surface area contributed by atoms with Crippen LogP contribution in [0.4, 0.5) is 11.8 Å². The third-order valence-electron chi connectivity index (χ3n) is 2.51. The summed E-state index contributed by atoms with van der Waals surface area (Å²) < 4.78 is 0. The number of hydrogen-bond acceptors (Lipinski definition) is 5. The van der Waals surface area contributed by atoms with E-state index >= 15 is 0 Å². The van der Waals surface area contributed by atoms with Gasteiger partial charge in [0.25, 0.3) is 0 Å². The molecule has 1 aromatic heterocycles. The van der Waals surface area contributed by atoms with Crippen molar-refractivity contribution in [3.8, 4) is 0 Å². The molecule has 1 heterocycles. The van der Waals surface area contributed by atoms with E-state index in [2.05, 4.69) is 15.3 Å². The van der Waals surface area contributed by atoms with Gasteiger partial charge in [0.2, 0.25) is 5.95 Å². The zero-order chi connectivity index (χ0) is 13.5. The van der Waals surface area contributed by atoms with E-state index in [1.54, 1.807) is 17.2 Å². The van der Waals surface area contributed by atoms with Gasteiger partial charge in [0.15, 0.2) is 0 Å². The van der Waals surface area contributed by atoms with Crippen molar-refractivity contribution in [3.63, 3.8) is 0 Å². The Morgan fingerprint density at radius 1 is 1.56 bits per heavy atom. The summed E-state index contributed by atoms with van der Waals surface area (Å²) in [6.45, 7) is 2.04. The molecule has 0 aliphatic rings. The fourth-order valence-electron chi connectivity index (χ4n) is 1.49. The van der Waals surface area contributed by atoms with Gasteiger partial charge in [-0.15, -0.1) is 0 Å². The molecule has 0 aliphatic heterocycles. The van der Waals surface area contributed by atoms with E-state index in [1.807, 2.05) is 21.0 Å². The minimum absolute atomic E-state index is 0.539. The highest BCUT2D eigenvalue weighted by atomic mass is 16.4. The predicted octanol–water partition coefficient (Wildman–Crippen LogP) is 1.60. The number of nitrogens with zero attached hydrogens (tertiary/aromatic N) is 3. The summed E-state index contributed by atoms with van der Waals surface area (Å²) in [6, 6.07) is 1.07. The highest BCUT2D eigenvalue weighted by molar-refractivity contribution is 5.76. The van der Waals surface area contributed by atoms with Crippen molar-refractivity contribution in [2.45, 2.75) is 32.2 Å². The van der Waals surface area contributed by atoms with Crippen LogP contribution in [0, 0.1) is 0 Å². The number of aromatic nitrogens is 2. The number of unbranched alkanes of at least 4 members (excludes halogenated alkanes) is 1. The van der Waals surface area contributed by atoms with Gasteiger partial charge in [-0.2, -0.15) is 4.98 Å². The van der Waals surface area contributed by atoms with E-state index in [1.165, 1.54) is 0 Å². The number of anilines is 2. The molecule has 0 unspecified atom stereocenters. The molecule has 0 spiro atoms. The van der Waals surface area contributed by atoms with Crippen LogP contribution in [-0.2, 0) is 4.79 Å². The lowest BCUT2D eigenvalue weighted by Gasteiger charge is -2.16. The summed E-state index contributed by atoms with van der Waals surface area (Å²) in [5.41, 5.74) is 0. The van der Waals surface area contributed by atoms with Gasteiger partial charge in [0.05, 0.1) is 0 Å². The Morgan fingerprint density at radius 2 is 2.28 bits per heavy atom. The Hall–Kier alpha value is -1.85. The van der Waals surface area contributed by atoms with Crippen molar-refractivity contribution in [2.75, 3.05) is 24.3 Å². The van der Waals surface area contributed by atoms with Gasteiger partial charge >= 0.3 is 5.97 Å². The Balaban J connectivity index is 2.74. The third-order valence-corrected chi connectivity index (χ3v) is 2.51. The SMILES string of the molecule is CCCC[C@H](Nc1ccnc(N(C)C)n1)C(=O)O. The van der Waals surface area contributed by atoms with Crippen molar-refractivity contribution in [1.29, 1.82) is 0 Å². The monoisotopic (exact) mass is 252 g/mol. The molecular weight excluding hydrogens is 232 g/mol. The van der Waals surface area contributed by atoms with Crippen LogP contribution in [0.3, 0.4) is 0 Å². The van der Waals surface area contributed by atoms with Crippen molar-refractivity contribution in [2.24, 2.45) is 0 Å². The van der Waals surface area contributed by atoms with E-state index in [0.717, 1.165) is 12.8 Å². The summed E-state index contributed by atoms with van der Waals surface area (Å²) in [7, 11) is 3.68. The standard InChI is InChI=1S/C12H20N4O2/c1-4-5-6-9(11(17)18)14-10-7-8-13-12(15-10)16(2)3/h7-9H,4-6H2,1-3H3,(H,17,18)(H,13,14,15)/t9-/m0/s1. The summed E-state index contributed by atoms with van der Waals surface area (Å²) >= 11 is 0. The zero-order valence-corrected chi connectivity index (χ0v) is 11.1. The quantitative estimate of drug-likeness (QED) is 0.767. The molecule has 0 saturated heterocycles. The van der Waals surface area contributed by atoms with Gasteiger partial charge in [-0.3, -0.25) is 0 Å².